The van der Waals surface area contributed by atoms with Crippen LogP contribution in [0.5, 0.6) is 0 Å². The molecule has 1 fully saturated rings. The average Bonchev–Trinajstić information content (AvgIpc) is 3.06. The third-order valence-corrected chi connectivity index (χ3v) is 4.22. The maximum absolute atomic E-state index is 12.0. The van der Waals surface area contributed by atoms with E-state index in [-0.39, 0.29) is 11.7 Å². The second-order valence-electron chi connectivity index (χ2n) is 5.48. The molecule has 0 N–H and O–H groups in total. The minimum Gasteiger partial charge on any atom is -0.350 e. The number of fused-ring (bicyclic) bond motifs is 1. The predicted octanol–water partition coefficient (Wildman–Crippen LogP) is 2.02. The molecule has 1 aliphatic carbocycles. The lowest BCUT2D eigenvalue weighted by molar-refractivity contribution is -0.130. The number of hydrogen-bond donors (Lipinski definition) is 0. The monoisotopic (exact) mass is 260 g/mol. The summed E-state index contributed by atoms with van der Waals surface area (Å²) in [5.74, 6) is 0.507. The summed E-state index contributed by atoms with van der Waals surface area (Å²) in [6, 6.07) is 1.91. The van der Waals surface area contributed by atoms with Crippen molar-refractivity contribution in [2.24, 2.45) is 0 Å². The smallest absolute Gasteiger partial charge is 0.224 e. The van der Waals surface area contributed by atoms with Crippen molar-refractivity contribution in [3.63, 3.8) is 0 Å². The highest BCUT2D eigenvalue weighted by Crippen LogP contribution is 2.22. The Balaban J connectivity index is 1.64. The Morgan fingerprint density at radius 3 is 2.74 bits per heavy atom. The number of hydrogen-bond acceptors (Lipinski definition) is 2. The highest BCUT2D eigenvalue weighted by Gasteiger charge is 2.22. The van der Waals surface area contributed by atoms with E-state index in [1.807, 2.05) is 17.2 Å². The van der Waals surface area contributed by atoms with Gasteiger partial charge in [0.15, 0.2) is 5.78 Å². The first-order valence-corrected chi connectivity index (χ1v) is 7.25. The molecule has 2 heterocycles. The molecule has 0 bridgehead atoms. The van der Waals surface area contributed by atoms with E-state index >= 15 is 0 Å². The minimum absolute atomic E-state index is 0.252. The number of amides is 1. The molecule has 3 rings (SSSR count). The van der Waals surface area contributed by atoms with Crippen LogP contribution in [0.4, 0.5) is 0 Å². The highest BCUT2D eigenvalue weighted by molar-refractivity contribution is 5.98. The maximum Gasteiger partial charge on any atom is 0.224 e. The molecule has 0 unspecified atom stereocenters. The largest absolute Gasteiger partial charge is 0.350 e. The molecule has 1 aromatic rings. The van der Waals surface area contributed by atoms with Gasteiger partial charge >= 0.3 is 0 Å². The zero-order chi connectivity index (χ0) is 13.2. The number of Topliss-reactive ketones (excluding diaryl/α,β-unsaturated/α-hetero) is 1. The molecule has 0 aromatic carbocycles. The van der Waals surface area contributed by atoms with Gasteiger partial charge < -0.3 is 9.47 Å². The van der Waals surface area contributed by atoms with Gasteiger partial charge in [0.25, 0.3) is 0 Å². The quantitative estimate of drug-likeness (QED) is 0.834. The van der Waals surface area contributed by atoms with Gasteiger partial charge in [0, 0.05) is 49.9 Å². The Morgan fingerprint density at radius 2 is 1.95 bits per heavy atom. The topological polar surface area (TPSA) is 42.3 Å². The number of rotatable bonds is 3. The van der Waals surface area contributed by atoms with Gasteiger partial charge in [-0.2, -0.15) is 0 Å². The zero-order valence-electron chi connectivity index (χ0n) is 11.2. The van der Waals surface area contributed by atoms with Crippen LogP contribution in [0, 0.1) is 0 Å². The molecule has 1 saturated heterocycles. The van der Waals surface area contributed by atoms with Crippen molar-refractivity contribution >= 4 is 11.7 Å². The molecule has 1 aliphatic heterocycles. The Hall–Kier alpha value is -1.58. The summed E-state index contributed by atoms with van der Waals surface area (Å²) >= 11 is 0. The van der Waals surface area contributed by atoms with Gasteiger partial charge in [0.2, 0.25) is 5.91 Å². The fourth-order valence-electron chi connectivity index (χ4n) is 3.14. The molecule has 1 amide bonds. The molecule has 0 saturated carbocycles. The normalized spacial score (nSPS) is 18.7. The molecule has 0 spiro atoms. The Kier molecular flexibility index (Phi) is 3.40. The summed E-state index contributed by atoms with van der Waals surface area (Å²) in [5.41, 5.74) is 2.00. The van der Waals surface area contributed by atoms with Gasteiger partial charge in [-0.05, 0) is 31.7 Å². The average molecular weight is 260 g/mol. The van der Waals surface area contributed by atoms with Gasteiger partial charge in [-0.1, -0.05) is 0 Å². The summed E-state index contributed by atoms with van der Waals surface area (Å²) < 4.78 is 2.10. The van der Waals surface area contributed by atoms with Gasteiger partial charge in [0.1, 0.15) is 0 Å². The molecule has 102 valence electrons. The minimum atomic E-state index is 0.252. The summed E-state index contributed by atoms with van der Waals surface area (Å²) in [6.45, 7) is 2.54. The third-order valence-electron chi connectivity index (χ3n) is 4.22. The predicted molar refractivity (Wildman–Crippen MR) is 72.1 cm³/mol. The number of nitrogens with zero attached hydrogens (tertiary/aromatic N) is 2. The molecule has 4 heteroatoms. The Labute approximate surface area is 113 Å². The number of ketones is 1. The lowest BCUT2D eigenvalue weighted by Crippen LogP contribution is -2.28. The van der Waals surface area contributed by atoms with Gasteiger partial charge in [0.05, 0.1) is 0 Å². The first-order valence-electron chi connectivity index (χ1n) is 7.25. The molecular weight excluding hydrogens is 240 g/mol. The van der Waals surface area contributed by atoms with E-state index < -0.39 is 0 Å². The number of aromatic nitrogens is 1. The summed E-state index contributed by atoms with van der Waals surface area (Å²) in [7, 11) is 0. The summed E-state index contributed by atoms with van der Waals surface area (Å²) in [6.07, 6.45) is 7.37. The van der Waals surface area contributed by atoms with Gasteiger partial charge in [-0.15, -0.1) is 0 Å². The van der Waals surface area contributed by atoms with Crippen LogP contribution in [0.2, 0.25) is 0 Å². The molecule has 0 radical (unpaired) electrons. The second kappa shape index (κ2) is 5.19. The second-order valence-corrected chi connectivity index (χ2v) is 5.48. The van der Waals surface area contributed by atoms with Crippen molar-refractivity contribution in [2.45, 2.75) is 45.1 Å². The highest BCUT2D eigenvalue weighted by atomic mass is 16.2. The van der Waals surface area contributed by atoms with Gasteiger partial charge in [-0.3, -0.25) is 9.59 Å². The maximum atomic E-state index is 12.0. The van der Waals surface area contributed by atoms with Crippen molar-refractivity contribution < 1.29 is 9.59 Å². The SMILES string of the molecule is O=C1CCCc2c1ccn2CCC(=O)N1CCCC1. The van der Waals surface area contributed by atoms with E-state index in [2.05, 4.69) is 4.57 Å². The van der Waals surface area contributed by atoms with Crippen molar-refractivity contribution in [2.75, 3.05) is 13.1 Å². The van der Waals surface area contributed by atoms with E-state index in [0.717, 1.165) is 50.0 Å². The van der Waals surface area contributed by atoms with Crippen molar-refractivity contribution in [1.29, 1.82) is 0 Å². The molecule has 4 nitrogen and oxygen atoms in total. The molecule has 0 atom stereocenters. The number of carbonyl (C=O) groups is 2. The van der Waals surface area contributed by atoms with Crippen molar-refractivity contribution in [1.82, 2.24) is 9.47 Å². The van der Waals surface area contributed by atoms with E-state index in [4.69, 9.17) is 0 Å². The molecule has 2 aliphatic rings. The van der Waals surface area contributed by atoms with E-state index in [1.165, 1.54) is 0 Å². The van der Waals surface area contributed by atoms with Crippen LogP contribution in [0.3, 0.4) is 0 Å². The van der Waals surface area contributed by atoms with Crippen molar-refractivity contribution in [3.8, 4) is 0 Å². The lowest BCUT2D eigenvalue weighted by atomic mass is 9.97. The molecule has 1 aromatic heterocycles. The standard InChI is InChI=1S/C15H20N2O2/c18-14-5-3-4-13-12(14)6-10-16(13)11-7-15(19)17-8-1-2-9-17/h6,10H,1-5,7-9,11H2. The zero-order valence-corrected chi connectivity index (χ0v) is 11.2. The van der Waals surface area contributed by atoms with E-state index in [0.29, 0.717) is 19.4 Å². The number of likely N-dealkylation sites (tertiary alicyclic amines) is 1. The van der Waals surface area contributed by atoms with Crippen LogP contribution in [-0.2, 0) is 17.8 Å². The first kappa shape index (κ1) is 12.5. The first-order chi connectivity index (χ1) is 9.25. The van der Waals surface area contributed by atoms with Gasteiger partial charge in [-0.25, -0.2) is 0 Å². The van der Waals surface area contributed by atoms with Crippen LogP contribution in [-0.4, -0.2) is 34.2 Å². The van der Waals surface area contributed by atoms with E-state index in [9.17, 15) is 9.59 Å². The Morgan fingerprint density at radius 1 is 1.16 bits per heavy atom. The number of aryl methyl sites for hydroxylation is 1. The van der Waals surface area contributed by atoms with E-state index in [1.54, 1.807) is 0 Å². The molecule has 19 heavy (non-hydrogen) atoms. The van der Waals surface area contributed by atoms with Crippen LogP contribution in [0.15, 0.2) is 12.3 Å². The summed E-state index contributed by atoms with van der Waals surface area (Å²) in [4.78, 5) is 25.7. The summed E-state index contributed by atoms with van der Waals surface area (Å²) in [5, 5.41) is 0. The molecular formula is C15H20N2O2. The fraction of sp³-hybridized carbons (Fsp3) is 0.600. The lowest BCUT2D eigenvalue weighted by Gasteiger charge is -2.17. The van der Waals surface area contributed by atoms with Crippen LogP contribution < -0.4 is 0 Å². The third kappa shape index (κ3) is 2.44. The number of carbonyl (C=O) groups excluding carboxylic acids is 2. The van der Waals surface area contributed by atoms with Crippen LogP contribution in [0.25, 0.3) is 0 Å². The fourth-order valence-corrected chi connectivity index (χ4v) is 3.14. The Bertz CT molecular complexity index is 498. The van der Waals surface area contributed by atoms with Crippen LogP contribution >= 0.6 is 0 Å². The van der Waals surface area contributed by atoms with Crippen LogP contribution in [0.1, 0.15) is 48.2 Å². The van der Waals surface area contributed by atoms with Crippen molar-refractivity contribution in [3.05, 3.63) is 23.5 Å².